The van der Waals surface area contributed by atoms with Gasteiger partial charge in [0.2, 0.25) is 0 Å². The van der Waals surface area contributed by atoms with Crippen LogP contribution < -0.4 is 14.8 Å². The van der Waals surface area contributed by atoms with Crippen LogP contribution in [-0.4, -0.2) is 35.5 Å². The zero-order valence-corrected chi connectivity index (χ0v) is 19.5. The van der Waals surface area contributed by atoms with Gasteiger partial charge in [0, 0.05) is 11.0 Å². The molecule has 1 saturated heterocycles. The molecule has 1 heterocycles. The standard InChI is InChI=1S/C23H21BrN2O4S/c1-4-8-26-22(28)17(21(27)25-23(26)31)10-16-11-19(29-3)20(12-18(16)24)30-13-15-7-5-6-14(2)9-15/h4-7,9-12H,1,8,13H2,2-3H3,(H,25,27,31)/b17-10+. The molecular weight excluding hydrogens is 480 g/mol. The van der Waals surface area contributed by atoms with Crippen LogP contribution in [0.15, 0.2) is 59.1 Å². The van der Waals surface area contributed by atoms with E-state index in [0.717, 1.165) is 11.1 Å². The first-order valence-corrected chi connectivity index (χ1v) is 10.6. The topological polar surface area (TPSA) is 67.9 Å². The molecule has 8 heteroatoms. The Hall–Kier alpha value is -2.97. The van der Waals surface area contributed by atoms with Crippen LogP contribution in [0.5, 0.6) is 11.5 Å². The van der Waals surface area contributed by atoms with Gasteiger partial charge in [-0.15, -0.1) is 6.58 Å². The summed E-state index contributed by atoms with van der Waals surface area (Å²) < 4.78 is 12.1. The number of amides is 2. The van der Waals surface area contributed by atoms with Gasteiger partial charge in [0.05, 0.1) is 7.11 Å². The number of rotatable bonds is 7. The van der Waals surface area contributed by atoms with Crippen LogP contribution in [0.1, 0.15) is 16.7 Å². The summed E-state index contributed by atoms with van der Waals surface area (Å²) in [4.78, 5) is 26.4. The summed E-state index contributed by atoms with van der Waals surface area (Å²) in [7, 11) is 1.53. The van der Waals surface area contributed by atoms with Gasteiger partial charge in [-0.2, -0.15) is 0 Å². The average molecular weight is 501 g/mol. The fourth-order valence-corrected chi connectivity index (χ4v) is 3.73. The second kappa shape index (κ2) is 9.89. The largest absolute Gasteiger partial charge is 0.493 e. The minimum Gasteiger partial charge on any atom is -0.493 e. The molecule has 0 unspecified atom stereocenters. The summed E-state index contributed by atoms with van der Waals surface area (Å²) in [6.07, 6.45) is 3.03. The van der Waals surface area contributed by atoms with Crippen LogP contribution in [0.25, 0.3) is 6.08 Å². The van der Waals surface area contributed by atoms with Gasteiger partial charge in [-0.05, 0) is 48.5 Å². The van der Waals surface area contributed by atoms with Gasteiger partial charge in [0.15, 0.2) is 16.6 Å². The average Bonchev–Trinajstić information content (AvgIpc) is 2.73. The third-order valence-corrected chi connectivity index (χ3v) is 5.57. The van der Waals surface area contributed by atoms with E-state index < -0.39 is 11.8 Å². The van der Waals surface area contributed by atoms with Crippen LogP contribution in [0.2, 0.25) is 0 Å². The molecule has 160 valence electrons. The van der Waals surface area contributed by atoms with Gasteiger partial charge in [0.25, 0.3) is 11.8 Å². The molecule has 3 rings (SSSR count). The van der Waals surface area contributed by atoms with Crippen molar-refractivity contribution in [3.63, 3.8) is 0 Å². The predicted octanol–water partition coefficient (Wildman–Crippen LogP) is 4.16. The van der Waals surface area contributed by atoms with E-state index in [4.69, 9.17) is 21.7 Å². The Morgan fingerprint density at radius 3 is 2.68 bits per heavy atom. The molecule has 0 atom stereocenters. The van der Waals surface area contributed by atoms with Gasteiger partial charge in [0.1, 0.15) is 12.2 Å². The van der Waals surface area contributed by atoms with E-state index in [1.807, 2.05) is 31.2 Å². The summed E-state index contributed by atoms with van der Waals surface area (Å²) in [5.74, 6) is -0.0306. The van der Waals surface area contributed by atoms with E-state index >= 15 is 0 Å². The first kappa shape index (κ1) is 22.7. The number of thiocarbonyl (C=S) groups is 1. The number of aryl methyl sites for hydroxylation is 1. The van der Waals surface area contributed by atoms with E-state index in [-0.39, 0.29) is 17.2 Å². The summed E-state index contributed by atoms with van der Waals surface area (Å²) >= 11 is 8.57. The van der Waals surface area contributed by atoms with Crippen molar-refractivity contribution < 1.29 is 19.1 Å². The van der Waals surface area contributed by atoms with Crippen LogP contribution >= 0.6 is 28.1 Å². The van der Waals surface area contributed by atoms with Crippen molar-refractivity contribution in [3.05, 3.63) is 75.8 Å². The van der Waals surface area contributed by atoms with Gasteiger partial charge < -0.3 is 9.47 Å². The van der Waals surface area contributed by atoms with Gasteiger partial charge in [-0.1, -0.05) is 51.8 Å². The molecule has 0 spiro atoms. The molecule has 31 heavy (non-hydrogen) atoms. The van der Waals surface area contributed by atoms with Crippen LogP contribution in [0.4, 0.5) is 0 Å². The zero-order chi connectivity index (χ0) is 22.5. The fourth-order valence-electron chi connectivity index (χ4n) is 3.04. The van der Waals surface area contributed by atoms with Crippen molar-refractivity contribution in [1.29, 1.82) is 0 Å². The number of carbonyl (C=O) groups is 2. The van der Waals surface area contributed by atoms with Crippen molar-refractivity contribution >= 4 is 51.2 Å². The summed E-state index contributed by atoms with van der Waals surface area (Å²) in [6.45, 7) is 6.22. The van der Waals surface area contributed by atoms with Crippen molar-refractivity contribution in [2.45, 2.75) is 13.5 Å². The maximum absolute atomic E-state index is 12.8. The van der Waals surface area contributed by atoms with Gasteiger partial charge >= 0.3 is 0 Å². The molecule has 2 aromatic carbocycles. The lowest BCUT2D eigenvalue weighted by Crippen LogP contribution is -2.53. The molecule has 0 aliphatic carbocycles. The van der Waals surface area contributed by atoms with Crippen LogP contribution in [0.3, 0.4) is 0 Å². The molecule has 1 fully saturated rings. The third kappa shape index (κ3) is 5.21. The molecule has 0 radical (unpaired) electrons. The first-order valence-electron chi connectivity index (χ1n) is 9.39. The van der Waals surface area contributed by atoms with Gasteiger partial charge in [-0.3, -0.25) is 19.8 Å². The molecular formula is C23H21BrN2O4S. The van der Waals surface area contributed by atoms with Crippen molar-refractivity contribution in [3.8, 4) is 11.5 Å². The second-order valence-corrected chi connectivity index (χ2v) is 8.07. The summed E-state index contributed by atoms with van der Waals surface area (Å²) in [5.41, 5.74) is 2.74. The monoisotopic (exact) mass is 500 g/mol. The molecule has 1 N–H and O–H groups in total. The Labute approximate surface area is 194 Å². The summed E-state index contributed by atoms with van der Waals surface area (Å²) in [6, 6.07) is 11.5. The number of hydrogen-bond acceptors (Lipinski definition) is 5. The normalized spacial score (nSPS) is 15.1. The lowest BCUT2D eigenvalue weighted by molar-refractivity contribution is -0.128. The number of halogens is 1. The molecule has 1 aliphatic rings. The Bertz CT molecular complexity index is 1100. The highest BCUT2D eigenvalue weighted by Gasteiger charge is 2.32. The Morgan fingerprint density at radius 2 is 2.00 bits per heavy atom. The minimum absolute atomic E-state index is 0.0355. The molecule has 0 saturated carbocycles. The number of nitrogens with zero attached hydrogens (tertiary/aromatic N) is 1. The van der Waals surface area contributed by atoms with Crippen molar-refractivity contribution in [2.24, 2.45) is 0 Å². The third-order valence-electron chi connectivity index (χ3n) is 4.56. The molecule has 2 aromatic rings. The number of carbonyl (C=O) groups excluding carboxylic acids is 2. The number of hydrogen-bond donors (Lipinski definition) is 1. The Balaban J connectivity index is 1.90. The van der Waals surface area contributed by atoms with Crippen molar-refractivity contribution in [2.75, 3.05) is 13.7 Å². The maximum Gasteiger partial charge on any atom is 0.265 e. The minimum atomic E-state index is -0.555. The lowest BCUT2D eigenvalue weighted by atomic mass is 10.1. The highest BCUT2D eigenvalue weighted by molar-refractivity contribution is 9.10. The van der Waals surface area contributed by atoms with Crippen LogP contribution in [-0.2, 0) is 16.2 Å². The van der Waals surface area contributed by atoms with Gasteiger partial charge in [-0.25, -0.2) is 0 Å². The smallest absolute Gasteiger partial charge is 0.265 e. The van der Waals surface area contributed by atoms with Crippen molar-refractivity contribution in [1.82, 2.24) is 10.2 Å². The molecule has 0 aromatic heterocycles. The highest BCUT2D eigenvalue weighted by Crippen LogP contribution is 2.35. The Kier molecular flexibility index (Phi) is 7.25. The highest BCUT2D eigenvalue weighted by atomic mass is 79.9. The number of methoxy groups -OCH3 is 1. The number of benzene rings is 2. The lowest BCUT2D eigenvalue weighted by Gasteiger charge is -2.27. The zero-order valence-electron chi connectivity index (χ0n) is 17.1. The molecule has 2 amide bonds. The van der Waals surface area contributed by atoms with E-state index in [1.165, 1.54) is 18.1 Å². The Morgan fingerprint density at radius 1 is 1.23 bits per heavy atom. The maximum atomic E-state index is 12.8. The predicted molar refractivity (Wildman–Crippen MR) is 127 cm³/mol. The van der Waals surface area contributed by atoms with E-state index in [0.29, 0.717) is 28.1 Å². The number of ether oxygens (including phenoxy) is 2. The first-order chi connectivity index (χ1) is 14.8. The summed E-state index contributed by atoms with van der Waals surface area (Å²) in [5, 5.41) is 2.59. The van der Waals surface area contributed by atoms with Crippen LogP contribution in [0, 0.1) is 6.92 Å². The molecule has 0 bridgehead atoms. The van der Waals surface area contributed by atoms with E-state index in [9.17, 15) is 9.59 Å². The quantitative estimate of drug-likeness (QED) is 0.267. The fraction of sp³-hybridized carbons (Fsp3) is 0.174. The SMILES string of the molecule is C=CCN1C(=O)/C(=C/c2cc(OC)c(OCc3cccc(C)c3)cc2Br)C(=O)NC1=S. The molecule has 1 aliphatic heterocycles. The second-order valence-electron chi connectivity index (χ2n) is 6.82. The molecule has 6 nitrogen and oxygen atoms in total. The number of nitrogens with one attached hydrogen (secondary N) is 1. The van der Waals surface area contributed by atoms with E-state index in [2.05, 4.69) is 27.8 Å². The van der Waals surface area contributed by atoms with E-state index in [1.54, 1.807) is 18.2 Å².